The zero-order valence-corrected chi connectivity index (χ0v) is 15.0. The van der Waals surface area contributed by atoms with Crippen molar-refractivity contribution in [2.75, 3.05) is 18.1 Å². The standard InChI is InChI=1S/C21H26N2O2/c1-3-5-9-16-25-21(24)18-12-14-20(15-13-18)23(4-2)17-22-19-10-7-6-8-11-19/h6-8,10-15,17H,3-5,9,16H2,1-2H3. The van der Waals surface area contributed by atoms with Gasteiger partial charge in [0.1, 0.15) is 0 Å². The molecule has 2 aromatic rings. The molecule has 0 saturated carbocycles. The molecule has 25 heavy (non-hydrogen) atoms. The van der Waals surface area contributed by atoms with Gasteiger partial charge < -0.3 is 9.64 Å². The number of carbonyl (C=O) groups excluding carboxylic acids is 1. The Morgan fingerprint density at radius 1 is 1.04 bits per heavy atom. The average molecular weight is 338 g/mol. The molecular formula is C21H26N2O2. The molecule has 4 nitrogen and oxygen atoms in total. The fraction of sp³-hybridized carbons (Fsp3) is 0.333. The van der Waals surface area contributed by atoms with Gasteiger partial charge in [0.25, 0.3) is 0 Å². The molecule has 0 unspecified atom stereocenters. The lowest BCUT2D eigenvalue weighted by Gasteiger charge is -2.17. The van der Waals surface area contributed by atoms with E-state index in [1.165, 1.54) is 0 Å². The molecule has 0 amide bonds. The zero-order chi connectivity index (χ0) is 17.9. The summed E-state index contributed by atoms with van der Waals surface area (Å²) in [5, 5.41) is 0. The van der Waals surface area contributed by atoms with Crippen LogP contribution in [0.1, 0.15) is 43.5 Å². The number of esters is 1. The lowest BCUT2D eigenvalue weighted by Crippen LogP contribution is -2.20. The molecule has 0 fully saturated rings. The van der Waals surface area contributed by atoms with Crippen molar-refractivity contribution >= 4 is 23.7 Å². The van der Waals surface area contributed by atoms with Crippen molar-refractivity contribution in [2.45, 2.75) is 33.1 Å². The van der Waals surface area contributed by atoms with E-state index in [1.807, 2.05) is 53.7 Å². The topological polar surface area (TPSA) is 41.9 Å². The third-order valence-corrected chi connectivity index (χ3v) is 3.86. The predicted octanol–water partition coefficient (Wildman–Crippen LogP) is 5.22. The number of benzene rings is 2. The summed E-state index contributed by atoms with van der Waals surface area (Å²) >= 11 is 0. The van der Waals surface area contributed by atoms with Crippen molar-refractivity contribution in [1.29, 1.82) is 0 Å². The van der Waals surface area contributed by atoms with E-state index in [9.17, 15) is 4.79 Å². The van der Waals surface area contributed by atoms with Crippen LogP contribution < -0.4 is 4.90 Å². The van der Waals surface area contributed by atoms with Gasteiger partial charge in [0.2, 0.25) is 0 Å². The molecule has 0 aliphatic heterocycles. The molecule has 0 aliphatic carbocycles. The molecular weight excluding hydrogens is 312 g/mol. The SMILES string of the molecule is CCCCCOC(=O)c1ccc(N(C=Nc2ccccc2)CC)cc1. The first-order valence-corrected chi connectivity index (χ1v) is 8.87. The van der Waals surface area contributed by atoms with Crippen molar-refractivity contribution in [3.05, 3.63) is 60.2 Å². The Balaban J connectivity index is 1.97. The average Bonchev–Trinajstić information content (AvgIpc) is 2.67. The number of anilines is 1. The number of unbranched alkanes of at least 4 members (excludes halogenated alkanes) is 2. The molecule has 2 aromatic carbocycles. The monoisotopic (exact) mass is 338 g/mol. The van der Waals surface area contributed by atoms with Crippen molar-refractivity contribution in [3.63, 3.8) is 0 Å². The van der Waals surface area contributed by atoms with Crippen molar-refractivity contribution in [1.82, 2.24) is 0 Å². The Labute approximate surface area is 150 Å². The maximum Gasteiger partial charge on any atom is 0.338 e. The van der Waals surface area contributed by atoms with Gasteiger partial charge in [0.15, 0.2) is 0 Å². The summed E-state index contributed by atoms with van der Waals surface area (Å²) in [6.45, 7) is 5.46. The summed E-state index contributed by atoms with van der Waals surface area (Å²) in [6, 6.07) is 17.3. The largest absolute Gasteiger partial charge is 0.462 e. The predicted molar refractivity (Wildman–Crippen MR) is 104 cm³/mol. The Kier molecular flexibility index (Phi) is 7.70. The minimum Gasteiger partial charge on any atom is -0.462 e. The summed E-state index contributed by atoms with van der Waals surface area (Å²) in [6.07, 6.45) is 4.93. The van der Waals surface area contributed by atoms with Gasteiger partial charge in [-0.2, -0.15) is 0 Å². The van der Waals surface area contributed by atoms with Crippen LogP contribution in [0.4, 0.5) is 11.4 Å². The molecule has 0 aliphatic rings. The van der Waals surface area contributed by atoms with Crippen LogP contribution in [0.3, 0.4) is 0 Å². The molecule has 0 spiro atoms. The molecule has 0 bridgehead atoms. The highest BCUT2D eigenvalue weighted by molar-refractivity contribution is 5.90. The fourth-order valence-electron chi connectivity index (χ4n) is 2.37. The summed E-state index contributed by atoms with van der Waals surface area (Å²) in [4.78, 5) is 18.5. The van der Waals surface area contributed by atoms with Gasteiger partial charge in [-0.25, -0.2) is 9.79 Å². The van der Waals surface area contributed by atoms with Crippen LogP contribution >= 0.6 is 0 Å². The molecule has 4 heteroatoms. The zero-order valence-electron chi connectivity index (χ0n) is 15.0. The highest BCUT2D eigenvalue weighted by atomic mass is 16.5. The van der Waals surface area contributed by atoms with Gasteiger partial charge in [-0.3, -0.25) is 0 Å². The second-order valence-electron chi connectivity index (χ2n) is 5.76. The van der Waals surface area contributed by atoms with E-state index in [2.05, 4.69) is 18.8 Å². The minimum absolute atomic E-state index is 0.261. The number of aliphatic imine (C=N–C) groups is 1. The highest BCUT2D eigenvalue weighted by Gasteiger charge is 2.08. The Bertz CT molecular complexity index is 666. The fourth-order valence-corrected chi connectivity index (χ4v) is 2.37. The third-order valence-electron chi connectivity index (χ3n) is 3.86. The van der Waals surface area contributed by atoms with Crippen molar-refractivity contribution < 1.29 is 9.53 Å². The summed E-state index contributed by atoms with van der Waals surface area (Å²) in [7, 11) is 0. The smallest absolute Gasteiger partial charge is 0.338 e. The quantitative estimate of drug-likeness (QED) is 0.272. The maximum absolute atomic E-state index is 12.0. The Hall–Kier alpha value is -2.62. The van der Waals surface area contributed by atoms with Crippen LogP contribution in [0.25, 0.3) is 0 Å². The lowest BCUT2D eigenvalue weighted by atomic mass is 10.2. The first kappa shape index (κ1) is 18.7. The number of hydrogen-bond acceptors (Lipinski definition) is 3. The maximum atomic E-state index is 12.0. The summed E-state index contributed by atoms with van der Waals surface area (Å²) in [5.74, 6) is -0.261. The van der Waals surface area contributed by atoms with Gasteiger partial charge in [0, 0.05) is 12.2 Å². The Morgan fingerprint density at radius 3 is 2.40 bits per heavy atom. The number of para-hydroxylation sites is 1. The first-order chi connectivity index (χ1) is 12.2. The Morgan fingerprint density at radius 2 is 1.76 bits per heavy atom. The van der Waals surface area contributed by atoms with Crippen molar-refractivity contribution in [2.24, 2.45) is 4.99 Å². The number of nitrogens with zero attached hydrogens (tertiary/aromatic N) is 2. The minimum atomic E-state index is -0.261. The molecule has 132 valence electrons. The van der Waals surface area contributed by atoms with E-state index in [-0.39, 0.29) is 5.97 Å². The third kappa shape index (κ3) is 6.07. The van der Waals surface area contributed by atoms with E-state index in [0.717, 1.165) is 37.2 Å². The molecule has 0 atom stereocenters. The van der Waals surface area contributed by atoms with Crippen LogP contribution in [0.5, 0.6) is 0 Å². The normalized spacial score (nSPS) is 10.8. The van der Waals surface area contributed by atoms with E-state index < -0.39 is 0 Å². The van der Waals surface area contributed by atoms with Gasteiger partial charge >= 0.3 is 5.97 Å². The van der Waals surface area contributed by atoms with Gasteiger partial charge in [0.05, 0.1) is 24.2 Å². The highest BCUT2D eigenvalue weighted by Crippen LogP contribution is 2.16. The van der Waals surface area contributed by atoms with Crippen LogP contribution in [-0.2, 0) is 4.74 Å². The van der Waals surface area contributed by atoms with Crippen LogP contribution in [0, 0.1) is 0 Å². The molecule has 2 rings (SSSR count). The first-order valence-electron chi connectivity index (χ1n) is 8.87. The van der Waals surface area contributed by atoms with Gasteiger partial charge in [-0.05, 0) is 49.7 Å². The van der Waals surface area contributed by atoms with Crippen LogP contribution in [0.2, 0.25) is 0 Å². The molecule has 0 radical (unpaired) electrons. The molecule has 0 aromatic heterocycles. The lowest BCUT2D eigenvalue weighted by molar-refractivity contribution is 0.0498. The van der Waals surface area contributed by atoms with Gasteiger partial charge in [-0.1, -0.05) is 38.0 Å². The van der Waals surface area contributed by atoms with Crippen molar-refractivity contribution in [3.8, 4) is 0 Å². The number of hydrogen-bond donors (Lipinski definition) is 0. The second kappa shape index (κ2) is 10.3. The van der Waals surface area contributed by atoms with E-state index in [4.69, 9.17) is 4.74 Å². The molecule has 0 N–H and O–H groups in total. The molecule has 0 heterocycles. The second-order valence-corrected chi connectivity index (χ2v) is 5.76. The van der Waals surface area contributed by atoms with E-state index in [1.54, 1.807) is 12.1 Å². The molecule has 0 saturated heterocycles. The number of ether oxygens (including phenoxy) is 1. The number of rotatable bonds is 9. The van der Waals surface area contributed by atoms with Gasteiger partial charge in [-0.15, -0.1) is 0 Å². The van der Waals surface area contributed by atoms with E-state index >= 15 is 0 Å². The van der Waals surface area contributed by atoms with Crippen LogP contribution in [0.15, 0.2) is 59.6 Å². The van der Waals surface area contributed by atoms with Crippen LogP contribution in [-0.4, -0.2) is 25.5 Å². The summed E-state index contributed by atoms with van der Waals surface area (Å²) < 4.78 is 5.28. The number of carbonyl (C=O) groups is 1. The van der Waals surface area contributed by atoms with E-state index in [0.29, 0.717) is 12.2 Å². The summed E-state index contributed by atoms with van der Waals surface area (Å²) in [5.41, 5.74) is 2.48.